The number of carbonyl (C=O) groups is 4. The first kappa shape index (κ1) is 23.2. The molecule has 4 amide bonds. The number of benzene rings is 1. The molecule has 0 radical (unpaired) electrons. The smallest absolute Gasteiger partial charge is 0.276 e. The van der Waals surface area contributed by atoms with Crippen molar-refractivity contribution in [1.82, 2.24) is 30.1 Å². The first-order valence-electron chi connectivity index (χ1n) is 12.2. The van der Waals surface area contributed by atoms with Crippen LogP contribution in [-0.4, -0.2) is 67.1 Å². The summed E-state index contributed by atoms with van der Waals surface area (Å²) in [6, 6.07) is 4.82. The van der Waals surface area contributed by atoms with Gasteiger partial charge in [-0.15, -0.1) is 5.10 Å². The number of aromatic nitrogens is 3. The molecule has 10 nitrogen and oxygen atoms in total. The highest BCUT2D eigenvalue weighted by molar-refractivity contribution is 6.05. The van der Waals surface area contributed by atoms with Crippen LogP contribution in [0.4, 0.5) is 0 Å². The van der Waals surface area contributed by atoms with Gasteiger partial charge in [0.2, 0.25) is 11.8 Å². The highest BCUT2D eigenvalue weighted by Crippen LogP contribution is 2.36. The Kier molecular flexibility index (Phi) is 5.69. The number of hydrogen-bond acceptors (Lipinski definition) is 6. The van der Waals surface area contributed by atoms with Gasteiger partial charge in [0.25, 0.3) is 11.8 Å². The predicted molar refractivity (Wildman–Crippen MR) is 126 cm³/mol. The molecule has 2 fully saturated rings. The fraction of sp³-hybridized carbons (Fsp3) is 0.520. The first-order valence-corrected chi connectivity index (χ1v) is 12.2. The molecule has 3 aliphatic rings. The Hall–Kier alpha value is -3.56. The van der Waals surface area contributed by atoms with Crippen molar-refractivity contribution in [3.63, 3.8) is 0 Å². The van der Waals surface area contributed by atoms with Gasteiger partial charge in [-0.1, -0.05) is 26.0 Å². The van der Waals surface area contributed by atoms with E-state index in [-0.39, 0.29) is 42.1 Å². The Morgan fingerprint density at radius 2 is 2.00 bits per heavy atom. The van der Waals surface area contributed by atoms with E-state index in [0.29, 0.717) is 23.4 Å². The van der Waals surface area contributed by atoms with Crippen molar-refractivity contribution in [3.8, 4) is 5.69 Å². The maximum atomic E-state index is 13.3. The molecule has 2 atom stereocenters. The second-order valence-corrected chi connectivity index (χ2v) is 10.3. The minimum absolute atomic E-state index is 0.0308. The van der Waals surface area contributed by atoms with Gasteiger partial charge in [0.15, 0.2) is 5.69 Å². The molecule has 2 unspecified atom stereocenters. The van der Waals surface area contributed by atoms with Gasteiger partial charge in [-0.2, -0.15) is 0 Å². The van der Waals surface area contributed by atoms with Crippen LogP contribution in [0.25, 0.3) is 5.69 Å². The third kappa shape index (κ3) is 4.00. The number of hydrogen-bond donors (Lipinski definition) is 1. The molecule has 10 heteroatoms. The molecule has 2 saturated heterocycles. The van der Waals surface area contributed by atoms with Crippen LogP contribution in [-0.2, 0) is 16.1 Å². The van der Waals surface area contributed by atoms with Crippen LogP contribution < -0.4 is 5.32 Å². The van der Waals surface area contributed by atoms with Crippen molar-refractivity contribution in [2.75, 3.05) is 6.54 Å². The summed E-state index contributed by atoms with van der Waals surface area (Å²) in [5.74, 6) is -1.09. The molecule has 184 valence electrons. The number of nitrogens with one attached hydrogen (secondary N) is 1. The number of amides is 4. The molecule has 1 aromatic heterocycles. The van der Waals surface area contributed by atoms with E-state index in [1.807, 2.05) is 11.0 Å². The summed E-state index contributed by atoms with van der Waals surface area (Å²) < 4.78 is 1.54. The second kappa shape index (κ2) is 8.58. The molecular weight excluding hydrogens is 448 g/mol. The Morgan fingerprint density at radius 1 is 1.20 bits per heavy atom. The van der Waals surface area contributed by atoms with E-state index in [1.54, 1.807) is 23.0 Å². The molecule has 0 bridgehead atoms. The van der Waals surface area contributed by atoms with Crippen molar-refractivity contribution in [2.24, 2.45) is 5.41 Å². The summed E-state index contributed by atoms with van der Waals surface area (Å²) >= 11 is 0. The molecule has 3 aliphatic heterocycles. The highest BCUT2D eigenvalue weighted by Gasteiger charge is 2.40. The summed E-state index contributed by atoms with van der Waals surface area (Å²) in [4.78, 5) is 53.4. The second-order valence-electron chi connectivity index (χ2n) is 10.3. The van der Waals surface area contributed by atoms with E-state index in [9.17, 15) is 19.2 Å². The monoisotopic (exact) mass is 478 g/mol. The van der Waals surface area contributed by atoms with Crippen LogP contribution in [0.2, 0.25) is 0 Å². The Morgan fingerprint density at radius 3 is 2.74 bits per heavy atom. The van der Waals surface area contributed by atoms with Crippen LogP contribution in [0, 0.1) is 5.41 Å². The SMILES string of the molecule is CCC(C)(C)C1CCCN1C(=O)c1cn(-c2ccc3c(c2)CN(C2CCC(=O)NC2=O)C3=O)nn1. The van der Waals surface area contributed by atoms with Gasteiger partial charge in [-0.05, 0) is 54.9 Å². The van der Waals surface area contributed by atoms with E-state index < -0.39 is 11.9 Å². The quantitative estimate of drug-likeness (QED) is 0.658. The Labute approximate surface area is 203 Å². The largest absolute Gasteiger partial charge is 0.334 e. The lowest BCUT2D eigenvalue weighted by atomic mass is 9.80. The number of fused-ring (bicyclic) bond motifs is 1. The zero-order chi connectivity index (χ0) is 24.9. The average Bonchev–Trinajstić information content (AvgIpc) is 3.58. The fourth-order valence-corrected chi connectivity index (χ4v) is 5.40. The van der Waals surface area contributed by atoms with E-state index in [2.05, 4.69) is 36.4 Å². The van der Waals surface area contributed by atoms with Crippen LogP contribution in [0.3, 0.4) is 0 Å². The topological polar surface area (TPSA) is 118 Å². The summed E-state index contributed by atoms with van der Waals surface area (Å²) in [6.07, 6.45) is 5.12. The normalized spacial score (nSPS) is 22.5. The maximum Gasteiger partial charge on any atom is 0.276 e. The number of likely N-dealkylation sites (tertiary alicyclic amines) is 1. The van der Waals surface area contributed by atoms with Crippen molar-refractivity contribution in [2.45, 2.75) is 71.5 Å². The van der Waals surface area contributed by atoms with Gasteiger partial charge >= 0.3 is 0 Å². The van der Waals surface area contributed by atoms with Crippen molar-refractivity contribution in [3.05, 3.63) is 41.2 Å². The Bertz CT molecular complexity index is 1220. The standard InChI is InChI=1S/C25H30N6O4/c1-4-25(2,3)20-6-5-11-29(20)24(35)18-14-31(28-27-18)16-7-8-17-15(12-16)13-30(23(17)34)19-9-10-21(32)26-22(19)33/h7-8,12,14,19-20H,4-6,9-11,13H2,1-3H3,(H,26,32,33). The Balaban J connectivity index is 1.34. The molecular formula is C25H30N6O4. The van der Waals surface area contributed by atoms with E-state index in [1.165, 1.54) is 4.90 Å². The van der Waals surface area contributed by atoms with Gasteiger partial charge in [-0.3, -0.25) is 24.5 Å². The number of nitrogens with zero attached hydrogens (tertiary/aromatic N) is 5. The van der Waals surface area contributed by atoms with Crippen molar-refractivity contribution in [1.29, 1.82) is 0 Å². The molecule has 0 saturated carbocycles. The number of piperidine rings is 1. The van der Waals surface area contributed by atoms with Gasteiger partial charge in [0, 0.05) is 31.1 Å². The van der Waals surface area contributed by atoms with Crippen LogP contribution in [0.15, 0.2) is 24.4 Å². The summed E-state index contributed by atoms with van der Waals surface area (Å²) in [5, 5.41) is 10.6. The van der Waals surface area contributed by atoms with Gasteiger partial charge in [-0.25, -0.2) is 4.68 Å². The van der Waals surface area contributed by atoms with Gasteiger partial charge in [0.05, 0.1) is 11.9 Å². The third-order valence-corrected chi connectivity index (χ3v) is 7.81. The maximum absolute atomic E-state index is 13.3. The molecule has 5 rings (SSSR count). The minimum atomic E-state index is -0.660. The lowest BCUT2D eigenvalue weighted by molar-refractivity contribution is -0.136. The molecule has 1 N–H and O–H groups in total. The lowest BCUT2D eigenvalue weighted by Crippen LogP contribution is -2.52. The predicted octanol–water partition coefficient (Wildman–Crippen LogP) is 2.07. The number of carbonyl (C=O) groups excluding carboxylic acids is 4. The van der Waals surface area contributed by atoms with Crippen molar-refractivity contribution >= 4 is 23.6 Å². The lowest BCUT2D eigenvalue weighted by Gasteiger charge is -2.36. The van der Waals surface area contributed by atoms with Crippen molar-refractivity contribution < 1.29 is 19.2 Å². The van der Waals surface area contributed by atoms with E-state index in [4.69, 9.17) is 0 Å². The van der Waals surface area contributed by atoms with Gasteiger partial charge < -0.3 is 9.80 Å². The summed E-state index contributed by atoms with van der Waals surface area (Å²) in [6.45, 7) is 7.54. The summed E-state index contributed by atoms with van der Waals surface area (Å²) in [7, 11) is 0. The zero-order valence-corrected chi connectivity index (χ0v) is 20.3. The molecule has 0 aliphatic carbocycles. The molecule has 35 heavy (non-hydrogen) atoms. The molecule has 2 aromatic rings. The van der Waals surface area contributed by atoms with Gasteiger partial charge in [0.1, 0.15) is 6.04 Å². The molecule has 1 aromatic carbocycles. The average molecular weight is 479 g/mol. The molecule has 4 heterocycles. The minimum Gasteiger partial charge on any atom is -0.334 e. The highest BCUT2D eigenvalue weighted by atomic mass is 16.2. The number of rotatable bonds is 5. The summed E-state index contributed by atoms with van der Waals surface area (Å²) in [5.41, 5.74) is 2.30. The zero-order valence-electron chi connectivity index (χ0n) is 20.3. The fourth-order valence-electron chi connectivity index (χ4n) is 5.40. The molecule has 0 spiro atoms. The third-order valence-electron chi connectivity index (χ3n) is 7.81. The van der Waals surface area contributed by atoms with Crippen LogP contribution >= 0.6 is 0 Å². The van der Waals surface area contributed by atoms with E-state index in [0.717, 1.165) is 31.4 Å². The van der Waals surface area contributed by atoms with Crippen LogP contribution in [0.1, 0.15) is 79.3 Å². The first-order chi connectivity index (χ1) is 16.7. The number of imide groups is 1. The van der Waals surface area contributed by atoms with Crippen LogP contribution in [0.5, 0.6) is 0 Å². The van der Waals surface area contributed by atoms with E-state index >= 15 is 0 Å².